The van der Waals surface area contributed by atoms with Gasteiger partial charge in [-0.3, -0.25) is 4.79 Å². The van der Waals surface area contributed by atoms with Crippen LogP contribution in [0.2, 0.25) is 0 Å². The highest BCUT2D eigenvalue weighted by Gasteiger charge is 2.28. The number of aromatic nitrogens is 4. The summed E-state index contributed by atoms with van der Waals surface area (Å²) in [7, 11) is 3.57. The molecule has 34 heavy (non-hydrogen) atoms. The van der Waals surface area contributed by atoms with Gasteiger partial charge in [-0.15, -0.1) is 5.10 Å². The molecule has 2 heterocycles. The second-order valence-electron chi connectivity index (χ2n) is 9.48. The van der Waals surface area contributed by atoms with Gasteiger partial charge in [0.1, 0.15) is 11.4 Å². The first-order chi connectivity index (χ1) is 16.1. The summed E-state index contributed by atoms with van der Waals surface area (Å²) in [6, 6.07) is 3.61. The number of pyridine rings is 1. The van der Waals surface area contributed by atoms with E-state index in [9.17, 15) is 14.7 Å². The largest absolute Gasteiger partial charge is 0.489 e. The number of nitrogens with one attached hydrogen (secondary N) is 1. The number of hydrogen-bond donors (Lipinski definition) is 2. The van der Waals surface area contributed by atoms with E-state index in [2.05, 4.69) is 34.5 Å². The molecule has 1 aliphatic carbocycles. The molecule has 10 nitrogen and oxygen atoms in total. The minimum Gasteiger partial charge on any atom is -0.489 e. The number of ether oxygens (including phenoxy) is 1. The normalized spacial score (nSPS) is 19.0. The molecule has 0 spiro atoms. The van der Waals surface area contributed by atoms with Gasteiger partial charge >= 0.3 is 12.0 Å². The molecule has 0 radical (unpaired) electrons. The fourth-order valence-corrected chi connectivity index (χ4v) is 4.15. The molecule has 3 rings (SSSR count). The smallest absolute Gasteiger partial charge is 0.317 e. The van der Waals surface area contributed by atoms with E-state index in [0.29, 0.717) is 41.6 Å². The van der Waals surface area contributed by atoms with Crippen molar-refractivity contribution in [1.82, 2.24) is 30.2 Å². The van der Waals surface area contributed by atoms with Gasteiger partial charge < -0.3 is 20.1 Å². The molecule has 2 aromatic heterocycles. The molecule has 0 bridgehead atoms. The van der Waals surface area contributed by atoms with E-state index >= 15 is 0 Å². The van der Waals surface area contributed by atoms with Crippen LogP contribution in [0.25, 0.3) is 11.4 Å². The number of nitrogens with zero attached hydrogens (tertiary/aromatic N) is 5. The molecular weight excluding hydrogens is 436 g/mol. The predicted octanol–water partition coefficient (Wildman–Crippen LogP) is 3.39. The van der Waals surface area contributed by atoms with Crippen LogP contribution in [0, 0.1) is 18.8 Å². The van der Waals surface area contributed by atoms with Gasteiger partial charge in [0.05, 0.1) is 35.6 Å². The quantitative estimate of drug-likeness (QED) is 0.604. The molecule has 0 aliphatic heterocycles. The van der Waals surface area contributed by atoms with Crippen molar-refractivity contribution in [3.05, 3.63) is 23.5 Å². The standard InChI is InChI=1S/C24H36N6O4/c1-14(2)16(4)29(5)24(33)25-13-20-22(27-28-30(20)6)19-10-11-21(15(3)26-19)34-18-9-7-8-17(12-18)23(31)32/h10-11,14,16-18H,7-9,12-13H2,1-6H3,(H,25,33)(H,31,32)/t16?,17-,18-/m0/s1. The fraction of sp³-hybridized carbons (Fsp3) is 0.625. The average molecular weight is 473 g/mol. The number of carboxylic acids is 1. The second-order valence-corrected chi connectivity index (χ2v) is 9.48. The maximum atomic E-state index is 12.6. The number of carbonyl (C=O) groups excluding carboxylic acids is 1. The summed E-state index contributed by atoms with van der Waals surface area (Å²) < 4.78 is 7.75. The molecule has 0 saturated heterocycles. The van der Waals surface area contributed by atoms with Crippen molar-refractivity contribution < 1.29 is 19.4 Å². The number of aliphatic carboxylic acids is 1. The topological polar surface area (TPSA) is 122 Å². The molecule has 1 fully saturated rings. The first-order valence-electron chi connectivity index (χ1n) is 11.8. The molecule has 186 valence electrons. The molecule has 2 aromatic rings. The summed E-state index contributed by atoms with van der Waals surface area (Å²) in [5.41, 5.74) is 2.68. The van der Waals surface area contributed by atoms with Crippen molar-refractivity contribution in [3.63, 3.8) is 0 Å². The zero-order valence-corrected chi connectivity index (χ0v) is 20.9. The van der Waals surface area contributed by atoms with Crippen LogP contribution >= 0.6 is 0 Å². The number of carbonyl (C=O) groups is 2. The summed E-state index contributed by atoms with van der Waals surface area (Å²) >= 11 is 0. The van der Waals surface area contributed by atoms with Gasteiger partial charge in [0, 0.05) is 20.1 Å². The Kier molecular flexibility index (Phi) is 8.11. The van der Waals surface area contributed by atoms with Gasteiger partial charge in [-0.05, 0) is 57.6 Å². The number of rotatable bonds is 8. The SMILES string of the molecule is Cc1nc(-c2nnn(C)c2CNC(=O)N(C)C(C)C(C)C)ccc1O[C@H]1CCC[C@H](C(=O)O)C1. The van der Waals surface area contributed by atoms with E-state index in [4.69, 9.17) is 4.74 Å². The van der Waals surface area contributed by atoms with E-state index < -0.39 is 5.97 Å². The lowest BCUT2D eigenvalue weighted by atomic mass is 9.87. The minimum absolute atomic E-state index is 0.107. The van der Waals surface area contributed by atoms with Crippen LogP contribution < -0.4 is 10.1 Å². The van der Waals surface area contributed by atoms with E-state index in [0.717, 1.165) is 18.5 Å². The minimum atomic E-state index is -0.759. The van der Waals surface area contributed by atoms with Crippen molar-refractivity contribution in [3.8, 4) is 17.1 Å². The fourth-order valence-electron chi connectivity index (χ4n) is 4.15. The summed E-state index contributed by atoms with van der Waals surface area (Å²) in [6.07, 6.45) is 2.75. The number of hydrogen-bond acceptors (Lipinski definition) is 6. The first kappa shape index (κ1) is 25.5. The number of carboxylic acid groups (broad SMARTS) is 1. The van der Waals surface area contributed by atoms with Gasteiger partial charge in [0.2, 0.25) is 0 Å². The number of urea groups is 1. The third-order valence-corrected chi connectivity index (χ3v) is 6.79. The first-order valence-corrected chi connectivity index (χ1v) is 11.8. The summed E-state index contributed by atoms with van der Waals surface area (Å²) in [5, 5.41) is 20.7. The van der Waals surface area contributed by atoms with E-state index in [1.807, 2.05) is 26.0 Å². The lowest BCUT2D eigenvalue weighted by Crippen LogP contribution is -2.44. The predicted molar refractivity (Wildman–Crippen MR) is 127 cm³/mol. The molecule has 3 atom stereocenters. The Labute approximate surface area is 200 Å². The van der Waals surface area contributed by atoms with E-state index in [1.54, 1.807) is 23.7 Å². The van der Waals surface area contributed by atoms with Crippen LogP contribution in [0.15, 0.2) is 12.1 Å². The van der Waals surface area contributed by atoms with Gasteiger partial charge in [0.15, 0.2) is 0 Å². The average Bonchev–Trinajstić information content (AvgIpc) is 3.18. The highest BCUT2D eigenvalue weighted by molar-refractivity contribution is 5.74. The van der Waals surface area contributed by atoms with Crippen LogP contribution in [0.5, 0.6) is 5.75 Å². The van der Waals surface area contributed by atoms with Crippen molar-refractivity contribution in [2.24, 2.45) is 18.9 Å². The van der Waals surface area contributed by atoms with Crippen molar-refractivity contribution in [2.75, 3.05) is 7.05 Å². The van der Waals surface area contributed by atoms with Crippen LogP contribution in [-0.2, 0) is 18.4 Å². The Hall–Kier alpha value is -3.17. The Morgan fingerprint density at radius 2 is 2.03 bits per heavy atom. The van der Waals surface area contributed by atoms with Crippen molar-refractivity contribution in [2.45, 2.75) is 72.1 Å². The Bertz CT molecular complexity index is 1020. The third kappa shape index (κ3) is 5.84. The molecule has 1 saturated carbocycles. The molecule has 0 aromatic carbocycles. The van der Waals surface area contributed by atoms with Crippen molar-refractivity contribution >= 4 is 12.0 Å². The number of amides is 2. The Morgan fingerprint density at radius 3 is 2.68 bits per heavy atom. The third-order valence-electron chi connectivity index (χ3n) is 6.79. The van der Waals surface area contributed by atoms with Crippen LogP contribution in [0.4, 0.5) is 4.79 Å². The molecular formula is C24H36N6O4. The van der Waals surface area contributed by atoms with Gasteiger partial charge in [-0.25, -0.2) is 14.5 Å². The van der Waals surface area contributed by atoms with Gasteiger partial charge in [-0.1, -0.05) is 19.1 Å². The van der Waals surface area contributed by atoms with E-state index in [-0.39, 0.29) is 30.6 Å². The molecule has 2 amide bonds. The summed E-state index contributed by atoms with van der Waals surface area (Å²) in [6.45, 7) is 8.31. The van der Waals surface area contributed by atoms with Crippen LogP contribution in [-0.4, -0.2) is 61.2 Å². The molecule has 1 unspecified atom stereocenters. The second kappa shape index (κ2) is 10.8. The molecule has 10 heteroatoms. The molecule has 2 N–H and O–H groups in total. The highest BCUT2D eigenvalue weighted by atomic mass is 16.5. The monoisotopic (exact) mass is 472 g/mol. The van der Waals surface area contributed by atoms with Crippen LogP contribution in [0.3, 0.4) is 0 Å². The zero-order chi connectivity index (χ0) is 25.0. The maximum absolute atomic E-state index is 12.6. The highest BCUT2D eigenvalue weighted by Crippen LogP contribution is 2.30. The summed E-state index contributed by atoms with van der Waals surface area (Å²) in [5.74, 6) is -0.124. The van der Waals surface area contributed by atoms with E-state index in [1.165, 1.54) is 0 Å². The van der Waals surface area contributed by atoms with Gasteiger partial charge in [0.25, 0.3) is 0 Å². The van der Waals surface area contributed by atoms with Crippen LogP contribution in [0.1, 0.15) is 57.8 Å². The Morgan fingerprint density at radius 1 is 1.29 bits per heavy atom. The van der Waals surface area contributed by atoms with Gasteiger partial charge in [-0.2, -0.15) is 0 Å². The Balaban J connectivity index is 1.71. The lowest BCUT2D eigenvalue weighted by Gasteiger charge is -2.28. The maximum Gasteiger partial charge on any atom is 0.317 e. The number of aryl methyl sites for hydroxylation is 2. The van der Waals surface area contributed by atoms with Crippen molar-refractivity contribution in [1.29, 1.82) is 0 Å². The zero-order valence-electron chi connectivity index (χ0n) is 20.9. The lowest BCUT2D eigenvalue weighted by molar-refractivity contribution is -0.143. The molecule has 1 aliphatic rings. The summed E-state index contributed by atoms with van der Waals surface area (Å²) in [4.78, 5) is 30.3.